The zero-order valence-electron chi connectivity index (χ0n) is 23.1. The number of pyridine rings is 1. The normalized spacial score (nSPS) is 14.3. The first-order valence-electron chi connectivity index (χ1n) is 14.4. The van der Waals surface area contributed by atoms with Crippen LogP contribution < -0.4 is 4.57 Å². The van der Waals surface area contributed by atoms with Gasteiger partial charge in [-0.25, -0.2) is 8.96 Å². The van der Waals surface area contributed by atoms with Gasteiger partial charge in [-0.15, -0.1) is 0 Å². The Labute approximate surface area is 234 Å². The summed E-state index contributed by atoms with van der Waals surface area (Å²) in [6.07, 6.45) is 8.69. The van der Waals surface area contributed by atoms with Crippen molar-refractivity contribution in [3.05, 3.63) is 114 Å². The van der Waals surface area contributed by atoms with Gasteiger partial charge in [0.2, 0.25) is 5.69 Å². The van der Waals surface area contributed by atoms with Gasteiger partial charge in [0.1, 0.15) is 24.0 Å². The smallest absolute Gasteiger partial charge is 0.216 e. The van der Waals surface area contributed by atoms with Gasteiger partial charge in [0.05, 0.1) is 11.1 Å². The largest absolute Gasteiger partial charge is 0.454 e. The van der Waals surface area contributed by atoms with E-state index in [0.717, 1.165) is 44.3 Å². The van der Waals surface area contributed by atoms with Crippen LogP contribution in [0.15, 0.2) is 102 Å². The Morgan fingerprint density at radius 2 is 1.30 bits per heavy atom. The fourth-order valence-electron chi connectivity index (χ4n) is 6.56. The third-order valence-corrected chi connectivity index (χ3v) is 8.77. The van der Waals surface area contributed by atoms with E-state index in [0.29, 0.717) is 17.1 Å². The molecular formula is C37H33FNO+. The van der Waals surface area contributed by atoms with Crippen LogP contribution in [0.2, 0.25) is 0 Å². The predicted molar refractivity (Wildman–Crippen MR) is 162 cm³/mol. The van der Waals surface area contributed by atoms with Crippen LogP contribution in [0, 0.1) is 12.7 Å². The summed E-state index contributed by atoms with van der Waals surface area (Å²) in [6.45, 7) is 2.09. The number of aryl methyl sites for hydroxylation is 2. The lowest BCUT2D eigenvalue weighted by Crippen LogP contribution is -2.30. The highest BCUT2D eigenvalue weighted by molar-refractivity contribution is 6.13. The van der Waals surface area contributed by atoms with Crippen molar-refractivity contribution in [3.8, 4) is 33.5 Å². The minimum atomic E-state index is -0.278. The molecule has 0 unspecified atom stereocenters. The average molecular weight is 527 g/mol. The molecule has 1 saturated carbocycles. The second-order valence-corrected chi connectivity index (χ2v) is 11.3. The van der Waals surface area contributed by atoms with Crippen LogP contribution in [0.3, 0.4) is 0 Å². The molecule has 40 heavy (non-hydrogen) atoms. The zero-order valence-corrected chi connectivity index (χ0v) is 23.1. The van der Waals surface area contributed by atoms with E-state index in [1.54, 1.807) is 6.07 Å². The molecule has 0 atom stereocenters. The first-order valence-corrected chi connectivity index (χ1v) is 14.4. The van der Waals surface area contributed by atoms with Crippen molar-refractivity contribution in [1.82, 2.24) is 0 Å². The van der Waals surface area contributed by atoms with E-state index in [-0.39, 0.29) is 5.82 Å². The third kappa shape index (κ3) is 4.21. The highest BCUT2D eigenvalue weighted by Crippen LogP contribution is 2.42. The quantitative estimate of drug-likeness (QED) is 0.209. The molecule has 3 heteroatoms. The number of hydrogen-bond acceptors (Lipinski definition) is 1. The molecule has 1 aliphatic carbocycles. The van der Waals surface area contributed by atoms with Gasteiger partial charge < -0.3 is 4.42 Å². The molecule has 0 aliphatic heterocycles. The van der Waals surface area contributed by atoms with E-state index in [2.05, 4.69) is 66.1 Å². The highest BCUT2D eigenvalue weighted by atomic mass is 19.1. The molecule has 0 spiro atoms. The fourth-order valence-corrected chi connectivity index (χ4v) is 6.56. The number of benzene rings is 4. The second kappa shape index (κ2) is 10.1. The lowest BCUT2D eigenvalue weighted by molar-refractivity contribution is -0.660. The molecule has 2 nitrogen and oxygen atoms in total. The Balaban J connectivity index is 1.29. The summed E-state index contributed by atoms with van der Waals surface area (Å²) in [5, 5.41) is 1.92. The number of furan rings is 1. The number of fused-ring (bicyclic) bond motifs is 3. The van der Waals surface area contributed by atoms with Gasteiger partial charge in [-0.05, 0) is 71.7 Å². The number of aromatic nitrogens is 1. The Morgan fingerprint density at radius 3 is 2.00 bits per heavy atom. The Morgan fingerprint density at radius 1 is 0.675 bits per heavy atom. The minimum Gasteiger partial charge on any atom is -0.454 e. The number of nitrogens with zero attached hydrogens (tertiary/aromatic N) is 1. The molecule has 2 aromatic heterocycles. The summed E-state index contributed by atoms with van der Waals surface area (Å²) in [7, 11) is 2.03. The van der Waals surface area contributed by atoms with E-state index in [1.807, 2.05) is 43.6 Å². The zero-order chi connectivity index (χ0) is 27.2. The van der Waals surface area contributed by atoms with Gasteiger partial charge in [-0.1, -0.05) is 79.9 Å². The molecule has 1 aliphatic rings. The van der Waals surface area contributed by atoms with Gasteiger partial charge in [0.15, 0.2) is 6.20 Å². The predicted octanol–water partition coefficient (Wildman–Crippen LogP) is 9.91. The van der Waals surface area contributed by atoms with Crippen molar-refractivity contribution in [3.63, 3.8) is 0 Å². The molecule has 0 N–H and O–H groups in total. The van der Waals surface area contributed by atoms with Crippen molar-refractivity contribution < 1.29 is 13.4 Å². The molecule has 0 amide bonds. The van der Waals surface area contributed by atoms with Crippen LogP contribution in [0.1, 0.15) is 49.1 Å². The van der Waals surface area contributed by atoms with E-state index in [4.69, 9.17) is 4.42 Å². The summed E-state index contributed by atoms with van der Waals surface area (Å²) >= 11 is 0. The third-order valence-electron chi connectivity index (χ3n) is 8.77. The Kier molecular flexibility index (Phi) is 6.23. The molecule has 0 radical (unpaired) electrons. The molecule has 0 bridgehead atoms. The maximum Gasteiger partial charge on any atom is 0.216 e. The van der Waals surface area contributed by atoms with E-state index in [1.165, 1.54) is 43.2 Å². The van der Waals surface area contributed by atoms with Crippen LogP contribution in [-0.4, -0.2) is 0 Å². The summed E-state index contributed by atoms with van der Waals surface area (Å²) in [5.74, 6) is 0.422. The van der Waals surface area contributed by atoms with Crippen molar-refractivity contribution in [2.75, 3.05) is 0 Å². The topological polar surface area (TPSA) is 17.0 Å². The molecule has 1 fully saturated rings. The molecule has 198 valence electrons. The Hall–Kier alpha value is -4.24. The van der Waals surface area contributed by atoms with Crippen LogP contribution in [0.25, 0.3) is 55.4 Å². The van der Waals surface area contributed by atoms with E-state index < -0.39 is 0 Å². The summed E-state index contributed by atoms with van der Waals surface area (Å²) in [4.78, 5) is 0. The van der Waals surface area contributed by atoms with Crippen molar-refractivity contribution in [2.45, 2.75) is 44.9 Å². The first kappa shape index (κ1) is 24.8. The number of halogens is 1. The van der Waals surface area contributed by atoms with Crippen LogP contribution in [0.5, 0.6) is 0 Å². The average Bonchev–Trinajstić information content (AvgIpc) is 3.37. The first-order chi connectivity index (χ1) is 19.6. The van der Waals surface area contributed by atoms with E-state index in [9.17, 15) is 0 Å². The van der Waals surface area contributed by atoms with Gasteiger partial charge >= 0.3 is 0 Å². The summed E-state index contributed by atoms with van der Waals surface area (Å²) in [5.41, 5.74) is 9.69. The Bertz CT molecular complexity index is 1840. The summed E-state index contributed by atoms with van der Waals surface area (Å²) in [6, 6.07) is 31.0. The molecule has 2 heterocycles. The van der Waals surface area contributed by atoms with E-state index >= 15 is 4.39 Å². The van der Waals surface area contributed by atoms with Gasteiger partial charge in [0.25, 0.3) is 0 Å². The maximum atomic E-state index is 15.5. The van der Waals surface area contributed by atoms with Gasteiger partial charge in [-0.3, -0.25) is 0 Å². The number of hydrogen-bond donors (Lipinski definition) is 0. The summed E-state index contributed by atoms with van der Waals surface area (Å²) < 4.78 is 24.1. The standard InChI is InChI=1S/C37H33FNO/c1-24-11-20-30-31-21-22-32(38)35(37(31)40-36(30)34(24)33-10-6-7-23-39(33)2)29-18-16-28(17-19-29)27-14-12-26(13-15-27)25-8-4-3-5-9-25/h6-7,10-23,25H,3-5,8-9H2,1-2H3/q+1. The van der Waals surface area contributed by atoms with Crippen molar-refractivity contribution in [1.29, 1.82) is 0 Å². The lowest BCUT2D eigenvalue weighted by atomic mass is 9.83. The minimum absolute atomic E-state index is 0.278. The molecular weight excluding hydrogens is 493 g/mol. The molecule has 6 aromatic rings. The van der Waals surface area contributed by atoms with Crippen LogP contribution in [-0.2, 0) is 7.05 Å². The number of rotatable bonds is 4. The monoisotopic (exact) mass is 526 g/mol. The van der Waals surface area contributed by atoms with Gasteiger partial charge in [-0.2, -0.15) is 0 Å². The fraction of sp³-hybridized carbons (Fsp3) is 0.216. The lowest BCUT2D eigenvalue weighted by Gasteiger charge is -2.22. The van der Waals surface area contributed by atoms with Crippen molar-refractivity contribution >= 4 is 21.9 Å². The maximum absolute atomic E-state index is 15.5. The molecule has 7 rings (SSSR count). The SMILES string of the molecule is Cc1ccc2c(oc3c(-c4ccc(-c5ccc(C6CCCCC6)cc5)cc4)c(F)ccc32)c1-c1cccc[n+]1C. The highest BCUT2D eigenvalue weighted by Gasteiger charge is 2.23. The van der Waals surface area contributed by atoms with Gasteiger partial charge in [0, 0.05) is 22.9 Å². The van der Waals surface area contributed by atoms with Crippen LogP contribution >= 0.6 is 0 Å². The molecule has 4 aromatic carbocycles. The second-order valence-electron chi connectivity index (χ2n) is 11.3. The molecule has 0 saturated heterocycles. The van der Waals surface area contributed by atoms with Crippen molar-refractivity contribution in [2.24, 2.45) is 7.05 Å². The van der Waals surface area contributed by atoms with Crippen LogP contribution in [0.4, 0.5) is 4.39 Å².